The van der Waals surface area contributed by atoms with E-state index in [4.69, 9.17) is 5.11 Å². The predicted molar refractivity (Wildman–Crippen MR) is 85.3 cm³/mol. The number of aromatic hydroxyl groups is 1. The molecule has 0 aliphatic carbocycles. The Bertz CT molecular complexity index is 627. The lowest BCUT2D eigenvalue weighted by atomic mass is 10.1. The maximum absolute atomic E-state index is 9.37. The summed E-state index contributed by atoms with van der Waals surface area (Å²) in [7, 11) is 0. The quantitative estimate of drug-likeness (QED) is 0.757. The zero-order chi connectivity index (χ0) is 14.2. The molecular weight excluding hydrogens is 268 g/mol. The van der Waals surface area contributed by atoms with Crippen LogP contribution in [-0.4, -0.2) is 16.8 Å². The van der Waals surface area contributed by atoms with E-state index in [9.17, 15) is 5.11 Å². The molecular formula is C17H18O2S. The highest BCUT2D eigenvalue weighted by atomic mass is 32.1. The lowest BCUT2D eigenvalue weighted by Crippen LogP contribution is -1.84. The van der Waals surface area contributed by atoms with E-state index >= 15 is 0 Å². The molecule has 1 aromatic heterocycles. The second-order valence-electron chi connectivity index (χ2n) is 4.40. The minimum absolute atomic E-state index is 0.303. The average Bonchev–Trinajstić information content (AvgIpc) is 3.00. The lowest BCUT2D eigenvalue weighted by molar-refractivity contribution is 0.289. The molecule has 104 valence electrons. The van der Waals surface area contributed by atoms with Crippen molar-refractivity contribution in [3.05, 3.63) is 64.9 Å². The molecule has 1 heterocycles. The van der Waals surface area contributed by atoms with Crippen LogP contribution in [0.5, 0.6) is 5.75 Å². The summed E-state index contributed by atoms with van der Waals surface area (Å²) in [6.45, 7) is 0.303. The van der Waals surface area contributed by atoms with E-state index in [1.54, 1.807) is 17.4 Å². The highest BCUT2D eigenvalue weighted by Crippen LogP contribution is 2.22. The third kappa shape index (κ3) is 4.08. The van der Waals surface area contributed by atoms with Crippen LogP contribution < -0.4 is 0 Å². The predicted octanol–water partition coefficient (Wildman–Crippen LogP) is 4.22. The number of aliphatic hydroxyl groups excluding tert-OH is 1. The second-order valence-corrected chi connectivity index (χ2v) is 5.44. The van der Waals surface area contributed by atoms with Gasteiger partial charge in [-0.2, -0.15) is 0 Å². The van der Waals surface area contributed by atoms with Crippen molar-refractivity contribution in [1.82, 2.24) is 0 Å². The van der Waals surface area contributed by atoms with E-state index in [0.717, 1.165) is 23.6 Å². The number of rotatable bonds is 3. The Hall–Kier alpha value is -1.84. The molecule has 0 atom stereocenters. The van der Waals surface area contributed by atoms with Gasteiger partial charge in [0, 0.05) is 16.9 Å². The van der Waals surface area contributed by atoms with Gasteiger partial charge in [0.2, 0.25) is 0 Å². The van der Waals surface area contributed by atoms with Gasteiger partial charge in [-0.05, 0) is 35.7 Å². The molecule has 0 unspecified atom stereocenters. The first-order chi connectivity index (χ1) is 9.81. The topological polar surface area (TPSA) is 40.5 Å². The van der Waals surface area contributed by atoms with Crippen LogP contribution in [0.1, 0.15) is 11.3 Å². The molecule has 2 nitrogen and oxygen atoms in total. The molecule has 20 heavy (non-hydrogen) atoms. The Morgan fingerprint density at radius 1 is 0.900 bits per heavy atom. The number of hydrogen-bond donors (Lipinski definition) is 2. The summed E-state index contributed by atoms with van der Waals surface area (Å²) in [6.07, 6.45) is 1.91. The first kappa shape index (κ1) is 14.6. The van der Waals surface area contributed by atoms with Crippen LogP contribution in [0.4, 0.5) is 0 Å². The van der Waals surface area contributed by atoms with E-state index in [2.05, 4.69) is 11.4 Å². The number of fused-ring (bicyclic) bond motifs is 1. The van der Waals surface area contributed by atoms with E-state index in [1.807, 2.05) is 42.5 Å². The summed E-state index contributed by atoms with van der Waals surface area (Å²) < 4.78 is 0. The van der Waals surface area contributed by atoms with E-state index in [0.29, 0.717) is 12.4 Å². The largest absolute Gasteiger partial charge is 0.507 e. The van der Waals surface area contributed by atoms with Crippen molar-refractivity contribution in [2.75, 3.05) is 6.61 Å². The number of aryl methyl sites for hydroxylation is 1. The summed E-state index contributed by atoms with van der Waals surface area (Å²) in [6, 6.07) is 17.4. The van der Waals surface area contributed by atoms with Crippen LogP contribution in [0.2, 0.25) is 0 Å². The Balaban J connectivity index is 0.000000151. The summed E-state index contributed by atoms with van der Waals surface area (Å²) in [5.41, 5.74) is 0. The Kier molecular flexibility index (Phi) is 5.59. The van der Waals surface area contributed by atoms with Crippen LogP contribution in [0.15, 0.2) is 60.0 Å². The number of aliphatic hydroxyl groups is 1. The molecule has 3 rings (SSSR count). The SMILES string of the molecule is OCCCc1cccs1.Oc1cccc2ccccc12. The van der Waals surface area contributed by atoms with Gasteiger partial charge in [-0.25, -0.2) is 0 Å². The van der Waals surface area contributed by atoms with Crippen LogP contribution in [-0.2, 0) is 6.42 Å². The van der Waals surface area contributed by atoms with E-state index < -0.39 is 0 Å². The van der Waals surface area contributed by atoms with Gasteiger partial charge in [0.25, 0.3) is 0 Å². The fourth-order valence-electron chi connectivity index (χ4n) is 1.92. The van der Waals surface area contributed by atoms with E-state index in [1.165, 1.54) is 4.88 Å². The van der Waals surface area contributed by atoms with Gasteiger partial charge in [0.15, 0.2) is 0 Å². The Labute approximate surface area is 122 Å². The molecule has 2 N–H and O–H groups in total. The molecule has 3 heteroatoms. The van der Waals surface area contributed by atoms with Crippen molar-refractivity contribution in [1.29, 1.82) is 0 Å². The average molecular weight is 286 g/mol. The second kappa shape index (κ2) is 7.68. The third-order valence-corrected chi connectivity index (χ3v) is 3.86. The number of phenolic OH excluding ortho intramolecular Hbond substituents is 1. The van der Waals surface area contributed by atoms with Crippen LogP contribution in [0.25, 0.3) is 10.8 Å². The van der Waals surface area contributed by atoms with Crippen LogP contribution >= 0.6 is 11.3 Å². The molecule has 0 spiro atoms. The number of phenols is 1. The highest BCUT2D eigenvalue weighted by Gasteiger charge is 1.94. The van der Waals surface area contributed by atoms with Gasteiger partial charge in [-0.1, -0.05) is 42.5 Å². The Morgan fingerprint density at radius 2 is 1.70 bits per heavy atom. The summed E-state index contributed by atoms with van der Waals surface area (Å²) in [5.74, 6) is 0.350. The first-order valence-corrected chi connectivity index (χ1v) is 7.49. The van der Waals surface area contributed by atoms with Crippen molar-refractivity contribution in [3.8, 4) is 5.75 Å². The number of thiophene rings is 1. The standard InChI is InChI=1S/C10H8O.C7H10OS/c11-10-7-3-5-8-4-1-2-6-9(8)10;8-5-1-3-7-4-2-6-9-7/h1-7,11H;2,4,6,8H,1,3,5H2. The zero-order valence-electron chi connectivity index (χ0n) is 11.2. The fraction of sp³-hybridized carbons (Fsp3) is 0.176. The van der Waals surface area contributed by atoms with Gasteiger partial charge in [0.1, 0.15) is 5.75 Å². The maximum atomic E-state index is 9.37. The van der Waals surface area contributed by atoms with Gasteiger partial charge < -0.3 is 10.2 Å². The summed E-state index contributed by atoms with van der Waals surface area (Å²) in [5, 5.41) is 21.9. The zero-order valence-corrected chi connectivity index (χ0v) is 12.0. The summed E-state index contributed by atoms with van der Waals surface area (Å²) in [4.78, 5) is 1.36. The minimum Gasteiger partial charge on any atom is -0.507 e. The number of hydrogen-bond acceptors (Lipinski definition) is 3. The first-order valence-electron chi connectivity index (χ1n) is 6.61. The minimum atomic E-state index is 0.303. The van der Waals surface area contributed by atoms with Crippen molar-refractivity contribution in [3.63, 3.8) is 0 Å². The van der Waals surface area contributed by atoms with Crippen molar-refractivity contribution in [2.24, 2.45) is 0 Å². The normalized spacial score (nSPS) is 10.1. The highest BCUT2D eigenvalue weighted by molar-refractivity contribution is 7.09. The molecule has 0 radical (unpaired) electrons. The molecule has 0 fully saturated rings. The van der Waals surface area contributed by atoms with Gasteiger partial charge in [0.05, 0.1) is 0 Å². The van der Waals surface area contributed by atoms with Crippen LogP contribution in [0.3, 0.4) is 0 Å². The van der Waals surface area contributed by atoms with Crippen LogP contribution in [0, 0.1) is 0 Å². The van der Waals surface area contributed by atoms with Crippen molar-refractivity contribution < 1.29 is 10.2 Å². The molecule has 0 bridgehead atoms. The van der Waals surface area contributed by atoms with E-state index in [-0.39, 0.29) is 0 Å². The fourth-order valence-corrected chi connectivity index (χ4v) is 2.67. The molecule has 0 aliphatic heterocycles. The maximum Gasteiger partial charge on any atom is 0.123 e. The molecule has 0 saturated heterocycles. The van der Waals surface area contributed by atoms with Crippen molar-refractivity contribution >= 4 is 22.1 Å². The van der Waals surface area contributed by atoms with Gasteiger partial charge >= 0.3 is 0 Å². The molecule has 2 aromatic carbocycles. The monoisotopic (exact) mass is 286 g/mol. The van der Waals surface area contributed by atoms with Crippen molar-refractivity contribution in [2.45, 2.75) is 12.8 Å². The number of benzene rings is 2. The Morgan fingerprint density at radius 3 is 2.40 bits per heavy atom. The van der Waals surface area contributed by atoms with Gasteiger partial charge in [-0.3, -0.25) is 0 Å². The van der Waals surface area contributed by atoms with Gasteiger partial charge in [-0.15, -0.1) is 11.3 Å². The summed E-state index contributed by atoms with van der Waals surface area (Å²) >= 11 is 1.75. The molecule has 0 amide bonds. The smallest absolute Gasteiger partial charge is 0.123 e. The molecule has 0 aliphatic rings. The molecule has 0 saturated carbocycles. The molecule has 3 aromatic rings. The lowest BCUT2D eigenvalue weighted by Gasteiger charge is -1.97. The third-order valence-electron chi connectivity index (χ3n) is 2.93.